The number of para-hydroxylation sites is 1. The lowest BCUT2D eigenvalue weighted by atomic mass is 10.0. The van der Waals surface area contributed by atoms with Crippen LogP contribution in [-0.4, -0.2) is 18.1 Å². The lowest BCUT2D eigenvalue weighted by molar-refractivity contribution is -0.137. The summed E-state index contributed by atoms with van der Waals surface area (Å²) in [5.74, 6) is 0.675. The summed E-state index contributed by atoms with van der Waals surface area (Å²) in [6.07, 6.45) is -4.05. The molecule has 1 atom stereocenters. The van der Waals surface area contributed by atoms with Gasteiger partial charge in [-0.1, -0.05) is 30.3 Å². The Hall–Kier alpha value is -3.11. The van der Waals surface area contributed by atoms with E-state index >= 15 is 0 Å². The third-order valence-electron chi connectivity index (χ3n) is 4.49. The molecule has 3 rings (SSSR count). The number of rotatable bonds is 7. The number of amides is 2. The van der Waals surface area contributed by atoms with Crippen LogP contribution in [0.25, 0.3) is 0 Å². The van der Waals surface area contributed by atoms with Crippen molar-refractivity contribution in [3.05, 3.63) is 76.3 Å². The van der Waals surface area contributed by atoms with Gasteiger partial charge in [-0.2, -0.15) is 13.2 Å². The molecule has 0 bridgehead atoms. The van der Waals surface area contributed by atoms with Crippen molar-refractivity contribution in [1.82, 2.24) is 10.3 Å². The molecular formula is C21H21F3N4O2S. The molecule has 3 aromatic rings. The molecule has 0 saturated heterocycles. The van der Waals surface area contributed by atoms with Crippen molar-refractivity contribution in [2.45, 2.75) is 25.2 Å². The van der Waals surface area contributed by atoms with Gasteiger partial charge in [0, 0.05) is 17.5 Å². The molecule has 6 nitrogen and oxygen atoms in total. The average molecular weight is 450 g/mol. The first-order valence-electron chi connectivity index (χ1n) is 9.30. The third kappa shape index (κ3) is 6.19. The van der Waals surface area contributed by atoms with Crippen LogP contribution in [0.5, 0.6) is 5.75 Å². The number of anilines is 1. The molecule has 2 amide bonds. The summed E-state index contributed by atoms with van der Waals surface area (Å²) >= 11 is 1.22. The number of thiazole rings is 1. The van der Waals surface area contributed by atoms with Crippen molar-refractivity contribution in [3.8, 4) is 5.75 Å². The van der Waals surface area contributed by atoms with Gasteiger partial charge in [-0.05, 0) is 30.2 Å². The minimum absolute atomic E-state index is 0.279. The van der Waals surface area contributed by atoms with E-state index in [-0.39, 0.29) is 6.54 Å². The van der Waals surface area contributed by atoms with Crippen LogP contribution in [0.4, 0.5) is 23.1 Å². The Bertz CT molecular complexity index is 1020. The first-order valence-corrected chi connectivity index (χ1v) is 10.2. The first-order chi connectivity index (χ1) is 14.8. The van der Waals surface area contributed by atoms with Crippen LogP contribution in [-0.2, 0) is 19.1 Å². The van der Waals surface area contributed by atoms with Crippen molar-refractivity contribution >= 4 is 22.5 Å². The van der Waals surface area contributed by atoms with Gasteiger partial charge in [-0.25, -0.2) is 9.78 Å². The summed E-state index contributed by atoms with van der Waals surface area (Å²) in [7, 11) is 1.56. The number of hydrogen-bond donors (Lipinski definition) is 3. The molecule has 0 saturated carbocycles. The number of alkyl halides is 3. The van der Waals surface area contributed by atoms with Crippen LogP contribution < -0.4 is 21.1 Å². The summed E-state index contributed by atoms with van der Waals surface area (Å²) in [5, 5.41) is 7.46. The average Bonchev–Trinajstić information content (AvgIpc) is 3.20. The highest BCUT2D eigenvalue weighted by Crippen LogP contribution is 2.30. The number of nitrogens with one attached hydrogen (secondary N) is 2. The van der Waals surface area contributed by atoms with Gasteiger partial charge in [-0.15, -0.1) is 11.3 Å². The minimum atomic E-state index is -4.37. The summed E-state index contributed by atoms with van der Waals surface area (Å²) < 4.78 is 43.2. The molecule has 0 aliphatic carbocycles. The van der Waals surface area contributed by atoms with E-state index in [4.69, 9.17) is 10.5 Å². The van der Waals surface area contributed by atoms with Gasteiger partial charge in [0.05, 0.1) is 24.4 Å². The monoisotopic (exact) mass is 450 g/mol. The summed E-state index contributed by atoms with van der Waals surface area (Å²) in [6.45, 7) is 0.279. The molecule has 0 aliphatic rings. The molecule has 1 unspecified atom stereocenters. The maximum atomic E-state index is 12.7. The number of halogens is 3. The van der Waals surface area contributed by atoms with Gasteiger partial charge in [0.25, 0.3) is 0 Å². The number of nitrogens with zero attached hydrogens (tertiary/aromatic N) is 1. The van der Waals surface area contributed by atoms with E-state index < -0.39 is 23.8 Å². The lowest BCUT2D eigenvalue weighted by Crippen LogP contribution is -2.28. The number of aromatic nitrogens is 1. The molecule has 1 heterocycles. The molecule has 2 aromatic carbocycles. The predicted molar refractivity (Wildman–Crippen MR) is 113 cm³/mol. The van der Waals surface area contributed by atoms with Crippen molar-refractivity contribution in [3.63, 3.8) is 0 Å². The SMILES string of the molecule is COc1ccccc1CNC(=O)Nc1nc(C(N)Cc2ccc(C(F)(F)F)cc2)cs1. The van der Waals surface area contributed by atoms with Crippen LogP contribution in [0.15, 0.2) is 53.9 Å². The number of carbonyl (C=O) groups is 1. The highest BCUT2D eigenvalue weighted by molar-refractivity contribution is 7.13. The number of carbonyl (C=O) groups excluding carboxylic acids is 1. The van der Waals surface area contributed by atoms with E-state index in [0.29, 0.717) is 28.6 Å². The van der Waals surface area contributed by atoms with Crippen LogP contribution in [0.3, 0.4) is 0 Å². The highest BCUT2D eigenvalue weighted by atomic mass is 32.1. The van der Waals surface area contributed by atoms with Gasteiger partial charge in [0.2, 0.25) is 0 Å². The molecule has 1 aromatic heterocycles. The van der Waals surface area contributed by atoms with Crippen LogP contribution in [0.1, 0.15) is 28.4 Å². The van der Waals surface area contributed by atoms with Gasteiger partial charge in [-0.3, -0.25) is 5.32 Å². The number of hydrogen-bond acceptors (Lipinski definition) is 5. The van der Waals surface area contributed by atoms with Crippen molar-refractivity contribution in [1.29, 1.82) is 0 Å². The van der Waals surface area contributed by atoms with Gasteiger partial charge in [0.15, 0.2) is 5.13 Å². The van der Waals surface area contributed by atoms with E-state index in [9.17, 15) is 18.0 Å². The highest BCUT2D eigenvalue weighted by Gasteiger charge is 2.30. The number of nitrogens with two attached hydrogens (primary N) is 1. The summed E-state index contributed by atoms with van der Waals surface area (Å²) in [4.78, 5) is 16.5. The fourth-order valence-electron chi connectivity index (χ4n) is 2.87. The maximum absolute atomic E-state index is 12.7. The van der Waals surface area contributed by atoms with E-state index in [1.54, 1.807) is 18.6 Å². The molecule has 164 valence electrons. The molecule has 10 heteroatoms. The fraction of sp³-hybridized carbons (Fsp3) is 0.238. The van der Waals surface area contributed by atoms with E-state index in [1.807, 2.05) is 18.2 Å². The smallest absolute Gasteiger partial charge is 0.416 e. The zero-order chi connectivity index (χ0) is 22.4. The molecule has 0 spiro atoms. The van der Waals surface area contributed by atoms with Crippen molar-refractivity contribution < 1.29 is 22.7 Å². The first kappa shape index (κ1) is 22.6. The van der Waals surface area contributed by atoms with Crippen molar-refractivity contribution in [2.24, 2.45) is 5.73 Å². The van der Waals surface area contributed by atoms with E-state index in [1.165, 1.54) is 23.5 Å². The molecule has 0 radical (unpaired) electrons. The van der Waals surface area contributed by atoms with Gasteiger partial charge >= 0.3 is 12.2 Å². The van der Waals surface area contributed by atoms with Crippen LogP contribution in [0, 0.1) is 0 Å². The molecular weight excluding hydrogens is 429 g/mol. The van der Waals surface area contributed by atoms with Crippen molar-refractivity contribution in [2.75, 3.05) is 12.4 Å². The minimum Gasteiger partial charge on any atom is -0.496 e. The normalized spacial score (nSPS) is 12.3. The fourth-order valence-corrected chi connectivity index (χ4v) is 3.64. The van der Waals surface area contributed by atoms with Crippen LogP contribution >= 0.6 is 11.3 Å². The summed E-state index contributed by atoms with van der Waals surface area (Å²) in [5.41, 5.74) is 7.48. The Balaban J connectivity index is 1.53. The second-order valence-electron chi connectivity index (χ2n) is 6.70. The molecule has 0 aliphatic heterocycles. The largest absolute Gasteiger partial charge is 0.496 e. The zero-order valence-corrected chi connectivity index (χ0v) is 17.4. The lowest BCUT2D eigenvalue weighted by Gasteiger charge is -2.11. The topological polar surface area (TPSA) is 89.3 Å². The number of ether oxygens (including phenoxy) is 1. The molecule has 0 fully saturated rings. The number of urea groups is 1. The Kier molecular flexibility index (Phi) is 7.13. The predicted octanol–water partition coefficient (Wildman–Crippen LogP) is 4.73. The Morgan fingerprint density at radius 3 is 2.58 bits per heavy atom. The van der Waals surface area contributed by atoms with Gasteiger partial charge in [0.1, 0.15) is 5.75 Å². The molecule has 31 heavy (non-hydrogen) atoms. The number of methoxy groups -OCH3 is 1. The van der Waals surface area contributed by atoms with Crippen LogP contribution in [0.2, 0.25) is 0 Å². The number of benzene rings is 2. The summed E-state index contributed by atoms with van der Waals surface area (Å²) in [6, 6.07) is 11.3. The Labute approximate surface area is 181 Å². The second-order valence-corrected chi connectivity index (χ2v) is 7.56. The van der Waals surface area contributed by atoms with Gasteiger partial charge < -0.3 is 15.8 Å². The maximum Gasteiger partial charge on any atom is 0.416 e. The second kappa shape index (κ2) is 9.80. The van der Waals surface area contributed by atoms with E-state index in [2.05, 4.69) is 15.6 Å². The van der Waals surface area contributed by atoms with E-state index in [0.717, 1.165) is 17.7 Å². The quantitative estimate of drug-likeness (QED) is 0.485. The third-order valence-corrected chi connectivity index (χ3v) is 5.27. The molecule has 4 N–H and O–H groups in total. The standard InChI is InChI=1S/C21H21F3N4O2S/c1-30-18-5-3-2-4-14(18)11-26-19(29)28-20-27-17(12-31-20)16(25)10-13-6-8-15(9-7-13)21(22,23)24/h2-9,12,16H,10-11,25H2,1H3,(H2,26,27,28,29). The zero-order valence-electron chi connectivity index (χ0n) is 16.6. The Morgan fingerprint density at radius 2 is 1.90 bits per heavy atom. The Morgan fingerprint density at radius 1 is 1.19 bits per heavy atom.